The lowest BCUT2D eigenvalue weighted by atomic mass is 9.39. The first-order chi connectivity index (χ1) is 13.8. The normalized spacial score (nSPS) is 32.2. The molecule has 4 amide bonds. The van der Waals surface area contributed by atoms with E-state index in [1.807, 2.05) is 0 Å². The lowest BCUT2D eigenvalue weighted by Crippen LogP contribution is -2.73. The van der Waals surface area contributed by atoms with Crippen molar-refractivity contribution >= 4 is 35.3 Å². The summed E-state index contributed by atoms with van der Waals surface area (Å²) in [7, 11) is 1.38. The predicted molar refractivity (Wildman–Crippen MR) is 97.8 cm³/mol. The van der Waals surface area contributed by atoms with Gasteiger partial charge in [-0.05, 0) is 37.8 Å². The molecule has 2 bridgehead atoms. The third-order valence-electron chi connectivity index (χ3n) is 6.52. The maximum absolute atomic E-state index is 13.1. The summed E-state index contributed by atoms with van der Waals surface area (Å²) < 4.78 is 4.86. The van der Waals surface area contributed by atoms with E-state index in [1.165, 1.54) is 7.11 Å². The molecule has 3 aliphatic carbocycles. The van der Waals surface area contributed by atoms with Crippen LogP contribution in [0.3, 0.4) is 0 Å². The first-order valence-corrected chi connectivity index (χ1v) is 9.50. The summed E-state index contributed by atoms with van der Waals surface area (Å²) in [5.74, 6) is -2.34. The summed E-state index contributed by atoms with van der Waals surface area (Å²) in [6.07, 6.45) is 2.05. The van der Waals surface area contributed by atoms with Crippen molar-refractivity contribution < 1.29 is 28.7 Å². The molecule has 1 saturated heterocycles. The van der Waals surface area contributed by atoms with E-state index in [1.54, 1.807) is 18.2 Å². The van der Waals surface area contributed by atoms with E-state index >= 15 is 0 Å². The topological polar surface area (TPSA) is 122 Å². The van der Waals surface area contributed by atoms with Gasteiger partial charge in [-0.25, -0.2) is 0 Å². The van der Waals surface area contributed by atoms with E-state index in [4.69, 9.17) is 4.74 Å². The highest BCUT2D eigenvalue weighted by Gasteiger charge is 2.72. The lowest BCUT2D eigenvalue weighted by molar-refractivity contribution is -0.190. The van der Waals surface area contributed by atoms with Gasteiger partial charge in [-0.15, -0.1) is 0 Å². The van der Waals surface area contributed by atoms with Gasteiger partial charge in [0, 0.05) is 17.6 Å². The molecule has 150 valence electrons. The van der Waals surface area contributed by atoms with Crippen LogP contribution >= 0.6 is 0 Å². The zero-order chi connectivity index (χ0) is 20.6. The van der Waals surface area contributed by atoms with E-state index < -0.39 is 35.1 Å². The third-order valence-corrected chi connectivity index (χ3v) is 6.52. The van der Waals surface area contributed by atoms with Gasteiger partial charge in [0.05, 0.1) is 23.7 Å². The molecule has 2 aliphatic heterocycles. The molecule has 1 atom stereocenters. The lowest BCUT2D eigenvalue weighted by Gasteiger charge is -2.68. The molecule has 0 radical (unpaired) electrons. The van der Waals surface area contributed by atoms with Gasteiger partial charge < -0.3 is 10.1 Å². The molecular weight excluding hydrogens is 378 g/mol. The molecule has 9 nitrogen and oxygen atoms in total. The fourth-order valence-corrected chi connectivity index (χ4v) is 5.26. The zero-order valence-corrected chi connectivity index (χ0v) is 15.7. The summed E-state index contributed by atoms with van der Waals surface area (Å²) in [5.41, 5.74) is 0.277. The smallest absolute Gasteiger partial charge is 0.312 e. The highest BCUT2D eigenvalue weighted by molar-refractivity contribution is 6.25. The van der Waals surface area contributed by atoms with Gasteiger partial charge in [0.15, 0.2) is 0 Å². The van der Waals surface area contributed by atoms with Crippen LogP contribution in [0.5, 0.6) is 0 Å². The van der Waals surface area contributed by atoms with E-state index in [0.29, 0.717) is 24.9 Å². The zero-order valence-electron chi connectivity index (χ0n) is 15.7. The van der Waals surface area contributed by atoms with Crippen molar-refractivity contribution in [1.82, 2.24) is 10.2 Å². The van der Waals surface area contributed by atoms with Crippen LogP contribution in [-0.4, -0.2) is 53.2 Å². The average Bonchev–Trinajstić information content (AvgIpc) is 2.88. The van der Waals surface area contributed by atoms with Gasteiger partial charge in [0.25, 0.3) is 11.8 Å². The molecule has 2 N–H and O–H groups in total. The van der Waals surface area contributed by atoms with Crippen LogP contribution in [-0.2, 0) is 19.1 Å². The summed E-state index contributed by atoms with van der Waals surface area (Å²) in [4.78, 5) is 62.4. The number of hydrogen-bond acceptors (Lipinski definition) is 7. The molecule has 3 saturated carbocycles. The number of hydrogen-bond donors (Lipinski definition) is 2. The molecule has 9 heteroatoms. The molecule has 1 aromatic rings. The van der Waals surface area contributed by atoms with Crippen molar-refractivity contribution in [1.29, 1.82) is 0 Å². The number of fused-ring (bicyclic) bond motifs is 1. The number of carbonyl (C=O) groups is 5. The number of esters is 1. The van der Waals surface area contributed by atoms with Crippen molar-refractivity contribution in [2.45, 2.75) is 43.7 Å². The Morgan fingerprint density at radius 1 is 1.17 bits per heavy atom. The molecule has 5 aliphatic rings. The van der Waals surface area contributed by atoms with Crippen molar-refractivity contribution in [2.75, 3.05) is 12.4 Å². The number of methoxy groups -OCH3 is 1. The number of ether oxygens (including phenoxy) is 1. The Morgan fingerprint density at radius 3 is 2.55 bits per heavy atom. The van der Waals surface area contributed by atoms with Gasteiger partial charge in [0.1, 0.15) is 6.04 Å². The Labute approximate surface area is 165 Å². The quantitative estimate of drug-likeness (QED) is 0.563. The van der Waals surface area contributed by atoms with Crippen molar-refractivity contribution in [3.8, 4) is 0 Å². The van der Waals surface area contributed by atoms with Crippen molar-refractivity contribution in [3.63, 3.8) is 0 Å². The first-order valence-electron chi connectivity index (χ1n) is 9.50. The Bertz CT molecular complexity index is 996. The Morgan fingerprint density at radius 2 is 1.90 bits per heavy atom. The Hall–Kier alpha value is -3.23. The second-order valence-corrected chi connectivity index (χ2v) is 8.38. The number of anilines is 1. The summed E-state index contributed by atoms with van der Waals surface area (Å²) >= 11 is 0. The Balaban J connectivity index is 1.40. The molecule has 6 rings (SSSR count). The van der Waals surface area contributed by atoms with Crippen LogP contribution in [0.1, 0.15) is 52.8 Å². The largest absolute Gasteiger partial charge is 0.469 e. The number of amides is 4. The van der Waals surface area contributed by atoms with Crippen LogP contribution in [0.25, 0.3) is 0 Å². The number of nitrogens with zero attached hydrogens (tertiary/aromatic N) is 1. The van der Waals surface area contributed by atoms with E-state index in [9.17, 15) is 24.0 Å². The van der Waals surface area contributed by atoms with E-state index in [2.05, 4.69) is 10.6 Å². The molecule has 2 heterocycles. The van der Waals surface area contributed by atoms with Gasteiger partial charge in [0.2, 0.25) is 11.8 Å². The number of rotatable bonds is 4. The van der Waals surface area contributed by atoms with Crippen LogP contribution in [0, 0.1) is 5.41 Å². The monoisotopic (exact) mass is 397 g/mol. The maximum Gasteiger partial charge on any atom is 0.312 e. The highest BCUT2D eigenvalue weighted by atomic mass is 16.5. The molecule has 1 aromatic carbocycles. The number of nitrogens with one attached hydrogen (secondary N) is 2. The highest BCUT2D eigenvalue weighted by Crippen LogP contribution is 2.69. The van der Waals surface area contributed by atoms with Crippen molar-refractivity contribution in [2.24, 2.45) is 5.41 Å². The fraction of sp³-hybridized carbons (Fsp3) is 0.450. The summed E-state index contributed by atoms with van der Waals surface area (Å²) in [6, 6.07) is 3.97. The minimum atomic E-state index is -0.995. The van der Waals surface area contributed by atoms with Gasteiger partial charge >= 0.3 is 5.97 Å². The summed E-state index contributed by atoms with van der Waals surface area (Å²) in [6.45, 7) is 0. The Kier molecular flexibility index (Phi) is 3.48. The molecule has 1 unspecified atom stereocenters. The molecule has 4 fully saturated rings. The maximum atomic E-state index is 13.1. The second kappa shape index (κ2) is 5.65. The molecule has 0 aromatic heterocycles. The number of benzene rings is 1. The van der Waals surface area contributed by atoms with Crippen molar-refractivity contribution in [3.05, 3.63) is 29.3 Å². The fourth-order valence-electron chi connectivity index (χ4n) is 5.26. The minimum absolute atomic E-state index is 0.0770. The van der Waals surface area contributed by atoms with Crippen LogP contribution in [0.2, 0.25) is 0 Å². The summed E-state index contributed by atoms with van der Waals surface area (Å²) in [5, 5.41) is 5.54. The number of carbonyl (C=O) groups excluding carboxylic acids is 5. The molecular formula is C20H19N3O6. The number of imide groups is 2. The van der Waals surface area contributed by atoms with E-state index in [0.717, 1.165) is 4.90 Å². The van der Waals surface area contributed by atoms with Gasteiger partial charge in [-0.1, -0.05) is 6.07 Å². The SMILES string of the molecule is COC(=O)C12CC(Nc3cccc4c3C(=O)N(C3CCC(=O)NC3=O)C4=O)(C1)C2. The standard InChI is InChI=1S/C20H19N3O6/c1-29-18(28)19-7-20(8-19,9-19)22-11-4-2-3-10-14(11)17(27)23(16(10)26)12-5-6-13(24)21-15(12)25/h2-4,12,22H,5-9H2,1H3,(H,21,24,25). The van der Waals surface area contributed by atoms with Crippen LogP contribution in [0.15, 0.2) is 18.2 Å². The van der Waals surface area contributed by atoms with Crippen LogP contribution in [0.4, 0.5) is 5.69 Å². The predicted octanol–water partition coefficient (Wildman–Crippen LogP) is 0.595. The minimum Gasteiger partial charge on any atom is -0.469 e. The first kappa shape index (κ1) is 17.8. The van der Waals surface area contributed by atoms with Gasteiger partial charge in [-0.2, -0.15) is 0 Å². The van der Waals surface area contributed by atoms with Crippen LogP contribution < -0.4 is 10.6 Å². The third kappa shape index (κ3) is 2.30. The molecule has 29 heavy (non-hydrogen) atoms. The molecule has 0 spiro atoms. The second-order valence-electron chi connectivity index (χ2n) is 8.38. The van der Waals surface area contributed by atoms with Gasteiger partial charge in [-0.3, -0.25) is 34.2 Å². The number of piperidine rings is 1. The van der Waals surface area contributed by atoms with E-state index in [-0.39, 0.29) is 35.5 Å². The average molecular weight is 397 g/mol.